The zero-order valence-corrected chi connectivity index (χ0v) is 11.8. The smallest absolute Gasteiger partial charge is 0.0998 e. The third-order valence-corrected chi connectivity index (χ3v) is 3.55. The molecule has 0 N–H and O–H groups in total. The lowest BCUT2D eigenvalue weighted by atomic mass is 9.95. The molecular formula is C20H12N2. The zero-order valence-electron chi connectivity index (χ0n) is 11.8. The van der Waals surface area contributed by atoms with E-state index >= 15 is 0 Å². The van der Waals surface area contributed by atoms with Gasteiger partial charge in [0.25, 0.3) is 0 Å². The highest BCUT2D eigenvalue weighted by atomic mass is 14.3. The van der Waals surface area contributed by atoms with Crippen LogP contribution in [0.3, 0.4) is 0 Å². The summed E-state index contributed by atoms with van der Waals surface area (Å²) in [5, 5.41) is 18.3. The molecule has 0 aliphatic heterocycles. The molecular weight excluding hydrogens is 268 g/mol. The van der Waals surface area contributed by atoms with Crippen molar-refractivity contribution in [1.82, 2.24) is 0 Å². The molecule has 102 valence electrons. The van der Waals surface area contributed by atoms with Crippen LogP contribution in [0, 0.1) is 22.7 Å². The SMILES string of the molecule is N#Cc1ccc(-c2cccc(-c3ccccc3)c2)c(C#N)c1. The van der Waals surface area contributed by atoms with Crippen molar-refractivity contribution in [3.05, 3.63) is 83.9 Å². The monoisotopic (exact) mass is 280 g/mol. The molecule has 0 amide bonds. The van der Waals surface area contributed by atoms with Crippen molar-refractivity contribution in [2.75, 3.05) is 0 Å². The van der Waals surface area contributed by atoms with Crippen molar-refractivity contribution in [3.8, 4) is 34.4 Å². The molecule has 0 heterocycles. The summed E-state index contributed by atoms with van der Waals surface area (Å²) >= 11 is 0. The normalized spacial score (nSPS) is 9.73. The molecule has 0 saturated heterocycles. The molecule has 0 atom stereocenters. The Morgan fingerprint density at radius 3 is 2.05 bits per heavy atom. The molecule has 0 saturated carbocycles. The lowest BCUT2D eigenvalue weighted by Crippen LogP contribution is -1.87. The first kappa shape index (κ1) is 13.6. The molecule has 2 heteroatoms. The summed E-state index contributed by atoms with van der Waals surface area (Å²) in [5.74, 6) is 0. The summed E-state index contributed by atoms with van der Waals surface area (Å²) in [5.41, 5.74) is 5.08. The second-order valence-corrected chi connectivity index (χ2v) is 4.93. The van der Waals surface area contributed by atoms with Gasteiger partial charge in [0.15, 0.2) is 0 Å². The van der Waals surface area contributed by atoms with E-state index in [0.717, 1.165) is 22.3 Å². The molecule has 2 nitrogen and oxygen atoms in total. The van der Waals surface area contributed by atoms with Gasteiger partial charge >= 0.3 is 0 Å². The zero-order chi connectivity index (χ0) is 15.4. The molecule has 0 spiro atoms. The second-order valence-electron chi connectivity index (χ2n) is 4.93. The Bertz CT molecular complexity index is 897. The quantitative estimate of drug-likeness (QED) is 0.679. The van der Waals surface area contributed by atoms with E-state index in [1.807, 2.05) is 36.4 Å². The van der Waals surface area contributed by atoms with Gasteiger partial charge in [0, 0.05) is 0 Å². The Hall–Kier alpha value is -3.36. The minimum atomic E-state index is 0.500. The molecule has 0 unspecified atom stereocenters. The van der Waals surface area contributed by atoms with E-state index in [1.165, 1.54) is 0 Å². The van der Waals surface area contributed by atoms with Crippen molar-refractivity contribution in [1.29, 1.82) is 10.5 Å². The van der Waals surface area contributed by atoms with E-state index in [-0.39, 0.29) is 0 Å². The van der Waals surface area contributed by atoms with Crippen LogP contribution in [0.5, 0.6) is 0 Å². The van der Waals surface area contributed by atoms with Gasteiger partial charge in [-0.2, -0.15) is 10.5 Å². The first-order chi connectivity index (χ1) is 10.8. The number of hydrogen-bond donors (Lipinski definition) is 0. The Kier molecular flexibility index (Phi) is 3.69. The summed E-state index contributed by atoms with van der Waals surface area (Å²) in [6, 6.07) is 27.6. The van der Waals surface area contributed by atoms with Crippen molar-refractivity contribution in [2.24, 2.45) is 0 Å². The summed E-state index contributed by atoms with van der Waals surface area (Å²) in [4.78, 5) is 0. The predicted molar refractivity (Wildman–Crippen MR) is 86.7 cm³/mol. The molecule has 3 aromatic rings. The van der Waals surface area contributed by atoms with Crippen molar-refractivity contribution >= 4 is 0 Å². The molecule has 0 fully saturated rings. The van der Waals surface area contributed by atoms with E-state index < -0.39 is 0 Å². The fourth-order valence-electron chi connectivity index (χ4n) is 2.45. The Balaban J connectivity index is 2.11. The van der Waals surface area contributed by atoms with Crippen molar-refractivity contribution in [2.45, 2.75) is 0 Å². The maximum absolute atomic E-state index is 9.33. The van der Waals surface area contributed by atoms with E-state index in [1.54, 1.807) is 12.1 Å². The minimum absolute atomic E-state index is 0.500. The summed E-state index contributed by atoms with van der Waals surface area (Å²) in [7, 11) is 0. The highest BCUT2D eigenvalue weighted by Crippen LogP contribution is 2.28. The molecule has 0 aromatic heterocycles. The van der Waals surface area contributed by atoms with Gasteiger partial charge in [0.2, 0.25) is 0 Å². The summed E-state index contributed by atoms with van der Waals surface area (Å²) in [6.07, 6.45) is 0. The van der Waals surface area contributed by atoms with Crippen molar-refractivity contribution < 1.29 is 0 Å². The van der Waals surface area contributed by atoms with Crippen LogP contribution < -0.4 is 0 Å². The Morgan fingerprint density at radius 1 is 0.591 bits per heavy atom. The molecule has 22 heavy (non-hydrogen) atoms. The number of rotatable bonds is 2. The average molecular weight is 280 g/mol. The minimum Gasteiger partial charge on any atom is -0.192 e. The van der Waals surface area contributed by atoms with Crippen molar-refractivity contribution in [3.63, 3.8) is 0 Å². The summed E-state index contributed by atoms with van der Waals surface area (Å²) in [6.45, 7) is 0. The van der Waals surface area contributed by atoms with E-state index in [0.29, 0.717) is 11.1 Å². The Labute approximate surface area is 129 Å². The molecule has 0 aliphatic carbocycles. The molecule has 3 aromatic carbocycles. The number of benzene rings is 3. The second kappa shape index (κ2) is 5.95. The van der Waals surface area contributed by atoms with Gasteiger partial charge in [0.1, 0.15) is 0 Å². The topological polar surface area (TPSA) is 47.6 Å². The van der Waals surface area contributed by atoms with Crippen LogP contribution in [0.25, 0.3) is 22.3 Å². The number of nitriles is 2. The van der Waals surface area contributed by atoms with Gasteiger partial charge in [-0.25, -0.2) is 0 Å². The Morgan fingerprint density at radius 2 is 1.32 bits per heavy atom. The lowest BCUT2D eigenvalue weighted by Gasteiger charge is -2.08. The van der Waals surface area contributed by atoms with Crippen LogP contribution in [0.15, 0.2) is 72.8 Å². The molecule has 0 aliphatic rings. The summed E-state index contributed by atoms with van der Waals surface area (Å²) < 4.78 is 0. The third-order valence-electron chi connectivity index (χ3n) is 3.55. The highest BCUT2D eigenvalue weighted by Gasteiger charge is 2.07. The fraction of sp³-hybridized carbons (Fsp3) is 0. The maximum atomic E-state index is 9.33. The fourth-order valence-corrected chi connectivity index (χ4v) is 2.45. The van der Waals surface area contributed by atoms with Gasteiger partial charge in [-0.05, 0) is 40.5 Å². The first-order valence-electron chi connectivity index (χ1n) is 6.92. The van der Waals surface area contributed by atoms with Crippen LogP contribution in [0.1, 0.15) is 11.1 Å². The van der Waals surface area contributed by atoms with E-state index in [4.69, 9.17) is 5.26 Å². The van der Waals surface area contributed by atoms with E-state index in [2.05, 4.69) is 36.4 Å². The molecule has 0 bridgehead atoms. The van der Waals surface area contributed by atoms with Crippen LogP contribution in [0.4, 0.5) is 0 Å². The van der Waals surface area contributed by atoms with Crippen LogP contribution >= 0.6 is 0 Å². The number of hydrogen-bond acceptors (Lipinski definition) is 2. The lowest BCUT2D eigenvalue weighted by molar-refractivity contribution is 1.44. The van der Waals surface area contributed by atoms with Gasteiger partial charge in [0.05, 0.1) is 23.3 Å². The van der Waals surface area contributed by atoms with Crippen LogP contribution in [0.2, 0.25) is 0 Å². The number of nitrogens with zero attached hydrogens (tertiary/aromatic N) is 2. The van der Waals surface area contributed by atoms with E-state index in [9.17, 15) is 5.26 Å². The van der Waals surface area contributed by atoms with Gasteiger partial charge < -0.3 is 0 Å². The third kappa shape index (κ3) is 2.59. The highest BCUT2D eigenvalue weighted by molar-refractivity contribution is 5.76. The largest absolute Gasteiger partial charge is 0.192 e. The molecule has 0 radical (unpaired) electrons. The van der Waals surface area contributed by atoms with Gasteiger partial charge in [-0.1, -0.05) is 54.6 Å². The maximum Gasteiger partial charge on any atom is 0.0998 e. The van der Waals surface area contributed by atoms with Gasteiger partial charge in [-0.3, -0.25) is 0 Å². The van der Waals surface area contributed by atoms with Gasteiger partial charge in [-0.15, -0.1) is 0 Å². The first-order valence-corrected chi connectivity index (χ1v) is 6.92. The van der Waals surface area contributed by atoms with Crippen LogP contribution in [-0.2, 0) is 0 Å². The average Bonchev–Trinajstić information content (AvgIpc) is 2.62. The predicted octanol–water partition coefficient (Wildman–Crippen LogP) is 4.76. The van der Waals surface area contributed by atoms with Crippen LogP contribution in [-0.4, -0.2) is 0 Å². The molecule has 3 rings (SSSR count). The standard InChI is InChI=1S/C20H12N2/c21-13-15-9-10-20(19(11-15)14-22)18-8-4-7-17(12-18)16-5-2-1-3-6-16/h1-12H.